The molecule has 0 amide bonds. The Morgan fingerprint density at radius 1 is 1.20 bits per heavy atom. The lowest BCUT2D eigenvalue weighted by atomic mass is 9.95. The third-order valence-corrected chi connectivity index (χ3v) is 6.85. The molecule has 0 saturated heterocycles. The van der Waals surface area contributed by atoms with Crippen molar-refractivity contribution in [2.45, 2.75) is 57.6 Å². The molecule has 0 spiro atoms. The average molecular weight is 495 g/mol. The molecule has 2 aliphatic rings. The molecule has 3 aromatic rings. The van der Waals surface area contributed by atoms with Crippen LogP contribution in [0.15, 0.2) is 47.4 Å². The van der Waals surface area contributed by atoms with E-state index in [1.54, 1.807) is 6.07 Å². The molecule has 2 saturated carbocycles. The number of carbonyl (C=O) groups is 1. The molecule has 2 heterocycles. The Morgan fingerprint density at radius 2 is 2.00 bits per heavy atom. The molecule has 1 aromatic carbocycles. The lowest BCUT2D eigenvalue weighted by molar-refractivity contribution is -0.137. The molecule has 2 N–H and O–H groups in total. The molecule has 8 nitrogen and oxygen atoms in total. The van der Waals surface area contributed by atoms with E-state index in [0.717, 1.165) is 48.1 Å². The van der Waals surface area contributed by atoms with Crippen molar-refractivity contribution < 1.29 is 14.6 Å². The van der Waals surface area contributed by atoms with E-state index in [2.05, 4.69) is 21.4 Å². The van der Waals surface area contributed by atoms with Gasteiger partial charge in [0, 0.05) is 16.8 Å². The molecule has 5 rings (SSSR count). The minimum Gasteiger partial charge on any atom is -0.486 e. The van der Waals surface area contributed by atoms with Crippen LogP contribution < -0.4 is 10.3 Å². The predicted molar refractivity (Wildman–Crippen MR) is 132 cm³/mol. The molecular formula is C26H27ClN4O4. The summed E-state index contributed by atoms with van der Waals surface area (Å²) in [6.45, 7) is -0.151. The summed E-state index contributed by atoms with van der Waals surface area (Å²) in [6, 6.07) is 9.57. The van der Waals surface area contributed by atoms with Crippen LogP contribution >= 0.6 is 11.6 Å². The minimum atomic E-state index is -0.994. The number of aliphatic carboxylic acids is 1. The van der Waals surface area contributed by atoms with Crippen LogP contribution in [0.3, 0.4) is 0 Å². The zero-order valence-electron chi connectivity index (χ0n) is 19.2. The summed E-state index contributed by atoms with van der Waals surface area (Å²) < 4.78 is 7.05. The zero-order chi connectivity index (χ0) is 24.4. The number of pyridine rings is 1. The van der Waals surface area contributed by atoms with Crippen molar-refractivity contribution in [1.29, 1.82) is 0 Å². The molecule has 0 aliphatic heterocycles. The summed E-state index contributed by atoms with van der Waals surface area (Å²) in [5.41, 5.74) is 4.05. The van der Waals surface area contributed by atoms with Crippen LogP contribution in [0, 0.1) is 5.92 Å². The van der Waals surface area contributed by atoms with Gasteiger partial charge < -0.3 is 14.8 Å². The van der Waals surface area contributed by atoms with Crippen LogP contribution in [0.25, 0.3) is 5.57 Å². The highest BCUT2D eigenvalue weighted by molar-refractivity contribution is 6.32. The smallest absolute Gasteiger partial charge is 0.325 e. The number of H-pyrrole nitrogens is 1. The standard InChI is InChI=1S/C26H27ClN4O4/c27-22-12-18(7-10-24(22)35-15-19-13-31(30-29-19)14-25(32)33)21(11-16-3-1-2-4-16)23-9-8-20(17-5-6-17)26(34)28-23/h7-13,16-17H,1-6,14-15H2,(H,28,34)(H,32,33)/b21-11+. The fraction of sp³-hybridized carbons (Fsp3) is 0.385. The summed E-state index contributed by atoms with van der Waals surface area (Å²) >= 11 is 6.58. The van der Waals surface area contributed by atoms with Crippen LogP contribution in [0.2, 0.25) is 5.02 Å². The van der Waals surface area contributed by atoms with Gasteiger partial charge in [-0.25, -0.2) is 4.68 Å². The van der Waals surface area contributed by atoms with E-state index in [1.807, 2.05) is 24.3 Å². The number of allylic oxidation sites excluding steroid dienone is 1. The first-order chi connectivity index (χ1) is 17.0. The zero-order valence-corrected chi connectivity index (χ0v) is 20.0. The maximum Gasteiger partial charge on any atom is 0.325 e. The minimum absolute atomic E-state index is 0.00989. The maximum absolute atomic E-state index is 12.7. The van der Waals surface area contributed by atoms with Crippen molar-refractivity contribution in [3.05, 3.63) is 80.5 Å². The van der Waals surface area contributed by atoms with Crippen LogP contribution in [-0.2, 0) is 17.9 Å². The van der Waals surface area contributed by atoms with Gasteiger partial charge in [-0.05, 0) is 61.3 Å². The Kier molecular flexibility index (Phi) is 6.72. The van der Waals surface area contributed by atoms with Gasteiger partial charge >= 0.3 is 5.97 Å². The topological polar surface area (TPSA) is 110 Å². The Morgan fingerprint density at radius 3 is 2.69 bits per heavy atom. The number of nitrogens with zero attached hydrogens (tertiary/aromatic N) is 3. The predicted octanol–water partition coefficient (Wildman–Crippen LogP) is 4.78. The second-order valence-electron chi connectivity index (χ2n) is 9.29. The Labute approximate surface area is 207 Å². The number of nitrogens with one attached hydrogen (secondary N) is 1. The molecule has 2 aliphatic carbocycles. The molecule has 182 valence electrons. The highest BCUT2D eigenvalue weighted by Gasteiger charge is 2.26. The normalized spacial score (nSPS) is 16.5. The molecule has 0 atom stereocenters. The van der Waals surface area contributed by atoms with Gasteiger partial charge in [0.15, 0.2) is 0 Å². The van der Waals surface area contributed by atoms with Crippen molar-refractivity contribution in [3.63, 3.8) is 0 Å². The number of carboxylic acid groups (broad SMARTS) is 1. The number of benzene rings is 1. The lowest BCUT2D eigenvalue weighted by Gasteiger charge is -2.14. The molecule has 0 bridgehead atoms. The number of hydrogen-bond donors (Lipinski definition) is 2. The number of carboxylic acids is 1. The summed E-state index contributed by atoms with van der Waals surface area (Å²) in [5, 5.41) is 17.0. The number of aromatic amines is 1. The van der Waals surface area contributed by atoms with E-state index in [4.69, 9.17) is 21.4 Å². The van der Waals surface area contributed by atoms with Gasteiger partial charge in [-0.15, -0.1) is 5.10 Å². The van der Waals surface area contributed by atoms with Gasteiger partial charge in [0.25, 0.3) is 5.56 Å². The van der Waals surface area contributed by atoms with E-state index in [0.29, 0.717) is 28.3 Å². The van der Waals surface area contributed by atoms with E-state index in [-0.39, 0.29) is 18.7 Å². The van der Waals surface area contributed by atoms with Crippen molar-refractivity contribution in [2.24, 2.45) is 5.92 Å². The second kappa shape index (κ2) is 10.1. The lowest BCUT2D eigenvalue weighted by Crippen LogP contribution is -2.13. The van der Waals surface area contributed by atoms with Gasteiger partial charge in [0.05, 0.1) is 11.2 Å². The number of hydrogen-bond acceptors (Lipinski definition) is 5. The fourth-order valence-electron chi connectivity index (χ4n) is 4.62. The summed E-state index contributed by atoms with van der Waals surface area (Å²) in [7, 11) is 0. The number of aromatic nitrogens is 4. The van der Waals surface area contributed by atoms with Crippen LogP contribution in [0.1, 0.15) is 67.0 Å². The summed E-state index contributed by atoms with van der Waals surface area (Å²) in [4.78, 5) is 26.6. The van der Waals surface area contributed by atoms with Crippen molar-refractivity contribution in [1.82, 2.24) is 20.0 Å². The summed E-state index contributed by atoms with van der Waals surface area (Å²) in [6.07, 6.45) is 10.7. The SMILES string of the molecule is O=C(O)Cn1cc(COc2ccc(/C(=C\C3CCCC3)c3ccc(C4CC4)c(=O)[nH]3)cc2Cl)nn1. The monoisotopic (exact) mass is 494 g/mol. The molecule has 2 fully saturated rings. The molecular weight excluding hydrogens is 468 g/mol. The van der Waals surface area contributed by atoms with E-state index in [9.17, 15) is 9.59 Å². The van der Waals surface area contributed by atoms with Gasteiger partial charge in [0.1, 0.15) is 24.6 Å². The summed E-state index contributed by atoms with van der Waals surface area (Å²) in [5.74, 6) is 0.360. The number of rotatable bonds is 9. The maximum atomic E-state index is 12.7. The van der Waals surface area contributed by atoms with Crippen molar-refractivity contribution in [2.75, 3.05) is 0 Å². The van der Waals surface area contributed by atoms with E-state index >= 15 is 0 Å². The molecule has 35 heavy (non-hydrogen) atoms. The number of ether oxygens (including phenoxy) is 1. The Balaban J connectivity index is 1.38. The van der Waals surface area contributed by atoms with Crippen LogP contribution in [0.4, 0.5) is 0 Å². The molecule has 9 heteroatoms. The third-order valence-electron chi connectivity index (χ3n) is 6.55. The van der Waals surface area contributed by atoms with E-state index < -0.39 is 5.97 Å². The van der Waals surface area contributed by atoms with Crippen molar-refractivity contribution >= 4 is 23.1 Å². The van der Waals surface area contributed by atoms with Crippen molar-refractivity contribution in [3.8, 4) is 5.75 Å². The third kappa shape index (κ3) is 5.65. The van der Waals surface area contributed by atoms with E-state index in [1.165, 1.54) is 23.7 Å². The average Bonchev–Trinajstić information content (AvgIpc) is 3.34. The number of halogens is 1. The molecule has 2 aromatic heterocycles. The first-order valence-corrected chi connectivity index (χ1v) is 12.3. The largest absolute Gasteiger partial charge is 0.486 e. The first-order valence-electron chi connectivity index (χ1n) is 11.9. The first kappa shape index (κ1) is 23.4. The van der Waals surface area contributed by atoms with Gasteiger partial charge in [-0.1, -0.05) is 47.9 Å². The Hall–Kier alpha value is -3.39. The second-order valence-corrected chi connectivity index (χ2v) is 9.70. The fourth-order valence-corrected chi connectivity index (χ4v) is 4.85. The van der Waals surface area contributed by atoms with Gasteiger partial charge in [-0.3, -0.25) is 9.59 Å². The highest BCUT2D eigenvalue weighted by Crippen LogP contribution is 2.39. The van der Waals surface area contributed by atoms with Gasteiger partial charge in [-0.2, -0.15) is 0 Å². The van der Waals surface area contributed by atoms with Crippen LogP contribution in [0.5, 0.6) is 5.75 Å². The molecule has 0 unspecified atom stereocenters. The van der Waals surface area contributed by atoms with Gasteiger partial charge in [0.2, 0.25) is 0 Å². The highest BCUT2D eigenvalue weighted by atomic mass is 35.5. The molecule has 0 radical (unpaired) electrons. The van der Waals surface area contributed by atoms with Crippen LogP contribution in [-0.4, -0.2) is 31.1 Å². The Bertz CT molecular complexity index is 1320. The quantitative estimate of drug-likeness (QED) is 0.443.